The Morgan fingerprint density at radius 3 is 2.52 bits per heavy atom. The molecule has 0 spiro atoms. The Labute approximate surface area is 194 Å². The molecule has 2 aromatic carbocycles. The monoisotopic (exact) mass is 474 g/mol. The molecule has 1 atom stereocenters. The third-order valence-corrected chi connectivity index (χ3v) is 7.50. The van der Waals surface area contributed by atoms with Crippen LogP contribution in [-0.2, 0) is 30.8 Å². The van der Waals surface area contributed by atoms with Crippen molar-refractivity contribution in [2.45, 2.75) is 38.0 Å². The molecule has 33 heavy (non-hydrogen) atoms. The van der Waals surface area contributed by atoms with Gasteiger partial charge in [-0.2, -0.15) is 4.31 Å². The zero-order valence-corrected chi connectivity index (χ0v) is 20.0. The maximum atomic E-state index is 13.2. The minimum Gasteiger partial charge on any atom is -0.496 e. The summed E-state index contributed by atoms with van der Waals surface area (Å²) in [4.78, 5) is 24.6. The number of sulfonamides is 1. The molecular weight excluding hydrogens is 444 g/mol. The van der Waals surface area contributed by atoms with Gasteiger partial charge in [0.05, 0.1) is 31.0 Å². The van der Waals surface area contributed by atoms with Crippen LogP contribution in [0.5, 0.6) is 5.75 Å². The predicted octanol–water partition coefficient (Wildman–Crippen LogP) is 3.15. The summed E-state index contributed by atoms with van der Waals surface area (Å²) in [6, 6.07) is 11.7. The van der Waals surface area contributed by atoms with E-state index in [2.05, 4.69) is 5.32 Å². The van der Waals surface area contributed by atoms with E-state index >= 15 is 0 Å². The quantitative estimate of drug-likeness (QED) is 0.590. The molecule has 9 heteroatoms. The molecule has 1 aliphatic rings. The molecule has 1 heterocycles. The van der Waals surface area contributed by atoms with Gasteiger partial charge in [-0.1, -0.05) is 12.1 Å². The highest BCUT2D eigenvalue weighted by Crippen LogP contribution is 2.28. The Morgan fingerprint density at radius 2 is 1.88 bits per heavy atom. The van der Waals surface area contributed by atoms with Gasteiger partial charge >= 0.3 is 5.97 Å². The number of anilines is 1. The Morgan fingerprint density at radius 1 is 1.15 bits per heavy atom. The van der Waals surface area contributed by atoms with Crippen LogP contribution < -0.4 is 10.1 Å². The fourth-order valence-corrected chi connectivity index (χ4v) is 5.47. The molecule has 1 saturated heterocycles. The number of aryl methyl sites for hydroxylation is 1. The molecule has 1 unspecified atom stereocenters. The lowest BCUT2D eigenvalue weighted by Gasteiger charge is -2.31. The van der Waals surface area contributed by atoms with Crippen LogP contribution in [0.2, 0.25) is 0 Å². The van der Waals surface area contributed by atoms with Crippen molar-refractivity contribution in [2.24, 2.45) is 5.92 Å². The maximum absolute atomic E-state index is 13.2. The first-order valence-corrected chi connectivity index (χ1v) is 12.4. The Balaban J connectivity index is 1.64. The summed E-state index contributed by atoms with van der Waals surface area (Å²) in [6.07, 6.45) is 1.38. The van der Waals surface area contributed by atoms with Gasteiger partial charge in [-0.15, -0.1) is 0 Å². The number of ether oxygens (including phenoxy) is 2. The molecular formula is C24H30N2O6S. The lowest BCUT2D eigenvalue weighted by atomic mass is 9.98. The fourth-order valence-electron chi connectivity index (χ4n) is 3.86. The summed E-state index contributed by atoms with van der Waals surface area (Å²) in [7, 11) is -2.18. The van der Waals surface area contributed by atoms with Crippen LogP contribution >= 0.6 is 0 Å². The molecule has 0 radical (unpaired) electrons. The van der Waals surface area contributed by atoms with E-state index in [1.54, 1.807) is 50.2 Å². The van der Waals surface area contributed by atoms with E-state index in [4.69, 9.17) is 9.47 Å². The molecule has 2 aromatic rings. The molecule has 3 rings (SSSR count). The molecule has 1 aliphatic heterocycles. The van der Waals surface area contributed by atoms with Crippen LogP contribution in [0, 0.1) is 12.8 Å². The van der Waals surface area contributed by atoms with E-state index in [9.17, 15) is 18.0 Å². The standard InChI is InChI=1S/C24H30N2O6S/c1-4-32-23(27)15-18-7-9-20(10-8-18)25-24(28)19-6-5-13-26(16-19)33(29,30)21-11-12-22(31-3)17(2)14-21/h7-12,14,19H,4-6,13,15-16H2,1-3H3,(H,25,28). The average molecular weight is 475 g/mol. The molecule has 0 saturated carbocycles. The van der Waals surface area contributed by atoms with Gasteiger partial charge in [-0.3, -0.25) is 9.59 Å². The van der Waals surface area contributed by atoms with Crippen LogP contribution in [0.3, 0.4) is 0 Å². The van der Waals surface area contributed by atoms with Crippen molar-refractivity contribution in [3.8, 4) is 5.75 Å². The van der Waals surface area contributed by atoms with Gasteiger partial charge in [-0.05, 0) is 68.1 Å². The number of piperidine rings is 1. The highest BCUT2D eigenvalue weighted by Gasteiger charge is 2.33. The van der Waals surface area contributed by atoms with Gasteiger partial charge in [-0.25, -0.2) is 8.42 Å². The molecule has 0 bridgehead atoms. The lowest BCUT2D eigenvalue weighted by molar-refractivity contribution is -0.142. The van der Waals surface area contributed by atoms with E-state index in [0.29, 0.717) is 37.4 Å². The van der Waals surface area contributed by atoms with E-state index in [0.717, 1.165) is 11.1 Å². The number of nitrogens with zero attached hydrogens (tertiary/aromatic N) is 1. The number of carbonyl (C=O) groups is 2. The Kier molecular flexibility index (Phi) is 8.10. The minimum absolute atomic E-state index is 0.125. The smallest absolute Gasteiger partial charge is 0.310 e. The van der Waals surface area contributed by atoms with Crippen molar-refractivity contribution < 1.29 is 27.5 Å². The van der Waals surface area contributed by atoms with Gasteiger partial charge in [0.15, 0.2) is 0 Å². The molecule has 0 aliphatic carbocycles. The molecule has 1 fully saturated rings. The van der Waals surface area contributed by atoms with Gasteiger partial charge in [0.25, 0.3) is 0 Å². The normalized spacial score (nSPS) is 16.8. The number of rotatable bonds is 8. The third-order valence-electron chi connectivity index (χ3n) is 5.63. The van der Waals surface area contributed by atoms with E-state index in [-0.39, 0.29) is 29.7 Å². The molecule has 8 nitrogen and oxygen atoms in total. The van der Waals surface area contributed by atoms with Crippen molar-refractivity contribution in [2.75, 3.05) is 32.1 Å². The fraction of sp³-hybridized carbons (Fsp3) is 0.417. The van der Waals surface area contributed by atoms with Crippen molar-refractivity contribution >= 4 is 27.6 Å². The van der Waals surface area contributed by atoms with Gasteiger partial charge in [0.2, 0.25) is 15.9 Å². The number of benzene rings is 2. The van der Waals surface area contributed by atoms with E-state index in [1.165, 1.54) is 17.5 Å². The molecule has 0 aromatic heterocycles. The third kappa shape index (κ3) is 6.11. The highest BCUT2D eigenvalue weighted by atomic mass is 32.2. The second-order valence-corrected chi connectivity index (χ2v) is 9.94. The predicted molar refractivity (Wildman–Crippen MR) is 125 cm³/mol. The summed E-state index contributed by atoms with van der Waals surface area (Å²) in [5.41, 5.74) is 2.12. The minimum atomic E-state index is -3.72. The number of esters is 1. The summed E-state index contributed by atoms with van der Waals surface area (Å²) in [6.45, 7) is 4.38. The van der Waals surface area contributed by atoms with E-state index < -0.39 is 15.9 Å². The SMILES string of the molecule is CCOC(=O)Cc1ccc(NC(=O)C2CCCN(S(=O)(=O)c3ccc(OC)c(C)c3)C2)cc1. The van der Waals surface area contributed by atoms with Gasteiger partial charge in [0.1, 0.15) is 5.75 Å². The van der Waals surface area contributed by atoms with Crippen molar-refractivity contribution in [3.63, 3.8) is 0 Å². The van der Waals surface area contributed by atoms with Crippen LogP contribution in [0.15, 0.2) is 47.4 Å². The largest absolute Gasteiger partial charge is 0.496 e. The Bertz CT molecular complexity index is 1100. The average Bonchev–Trinajstić information content (AvgIpc) is 2.80. The number of hydrogen-bond donors (Lipinski definition) is 1. The first-order chi connectivity index (χ1) is 15.7. The first kappa shape index (κ1) is 24.7. The summed E-state index contributed by atoms with van der Waals surface area (Å²) >= 11 is 0. The van der Waals surface area contributed by atoms with Crippen molar-refractivity contribution in [3.05, 3.63) is 53.6 Å². The number of methoxy groups -OCH3 is 1. The zero-order chi connectivity index (χ0) is 24.0. The van der Waals surface area contributed by atoms with Crippen LogP contribution in [-0.4, -0.2) is 51.4 Å². The first-order valence-electron chi connectivity index (χ1n) is 10.9. The maximum Gasteiger partial charge on any atom is 0.310 e. The van der Waals surface area contributed by atoms with Crippen LogP contribution in [0.25, 0.3) is 0 Å². The van der Waals surface area contributed by atoms with Gasteiger partial charge in [0, 0.05) is 18.8 Å². The Hall–Kier alpha value is -2.91. The molecule has 1 amide bonds. The van der Waals surface area contributed by atoms with Crippen LogP contribution in [0.1, 0.15) is 30.9 Å². The second kappa shape index (κ2) is 10.8. The topological polar surface area (TPSA) is 102 Å². The highest BCUT2D eigenvalue weighted by molar-refractivity contribution is 7.89. The van der Waals surface area contributed by atoms with Crippen molar-refractivity contribution in [1.29, 1.82) is 0 Å². The number of hydrogen-bond acceptors (Lipinski definition) is 6. The van der Waals surface area contributed by atoms with Crippen LogP contribution in [0.4, 0.5) is 5.69 Å². The summed E-state index contributed by atoms with van der Waals surface area (Å²) in [5.74, 6) is -0.353. The zero-order valence-electron chi connectivity index (χ0n) is 19.2. The second-order valence-electron chi connectivity index (χ2n) is 8.00. The number of amides is 1. The summed E-state index contributed by atoms with van der Waals surface area (Å²) < 4.78 is 37.8. The van der Waals surface area contributed by atoms with Crippen molar-refractivity contribution in [1.82, 2.24) is 4.31 Å². The lowest BCUT2D eigenvalue weighted by Crippen LogP contribution is -2.43. The molecule has 178 valence electrons. The van der Waals surface area contributed by atoms with Gasteiger partial charge < -0.3 is 14.8 Å². The van der Waals surface area contributed by atoms with E-state index in [1.807, 2.05) is 0 Å². The number of nitrogens with one attached hydrogen (secondary N) is 1. The number of carbonyl (C=O) groups excluding carboxylic acids is 2. The molecule has 1 N–H and O–H groups in total. The summed E-state index contributed by atoms with van der Waals surface area (Å²) in [5, 5.41) is 2.86.